The van der Waals surface area contributed by atoms with Crippen molar-refractivity contribution in [3.63, 3.8) is 0 Å². The Hall–Kier alpha value is -3.21. The Morgan fingerprint density at radius 1 is 0.963 bits per heavy atom. The van der Waals surface area contributed by atoms with Gasteiger partial charge in [0.2, 0.25) is 0 Å². The highest BCUT2D eigenvalue weighted by Gasteiger charge is 2.21. The Kier molecular flexibility index (Phi) is 5.21. The summed E-state index contributed by atoms with van der Waals surface area (Å²) in [7, 11) is 0. The Morgan fingerprint density at radius 2 is 1.63 bits per heavy atom. The van der Waals surface area contributed by atoms with Crippen LogP contribution < -0.4 is 5.32 Å². The second-order valence-electron chi connectivity index (χ2n) is 6.72. The molecule has 0 saturated heterocycles. The zero-order chi connectivity index (χ0) is 19.6. The fourth-order valence-corrected chi connectivity index (χ4v) is 2.76. The third kappa shape index (κ3) is 4.31. The summed E-state index contributed by atoms with van der Waals surface area (Å²) < 4.78 is 5.36. The number of rotatable bonds is 4. The number of aryl methyl sites for hydroxylation is 3. The summed E-state index contributed by atoms with van der Waals surface area (Å²) >= 11 is 0. The quantitative estimate of drug-likeness (QED) is 0.701. The predicted molar refractivity (Wildman–Crippen MR) is 106 cm³/mol. The molecular weight excluding hydrogens is 340 g/mol. The molecule has 1 N–H and O–H groups in total. The molecule has 1 atom stereocenters. The van der Waals surface area contributed by atoms with Gasteiger partial charge in [0.05, 0.1) is 16.8 Å². The van der Waals surface area contributed by atoms with E-state index in [1.54, 1.807) is 19.9 Å². The molecule has 0 spiro atoms. The minimum absolute atomic E-state index is 0.364. The molecule has 1 aromatic heterocycles. The van der Waals surface area contributed by atoms with Crippen molar-refractivity contribution in [1.29, 1.82) is 0 Å². The van der Waals surface area contributed by atoms with Crippen LogP contribution in [0.15, 0.2) is 48.5 Å². The molecule has 5 nitrogen and oxygen atoms in total. The number of hydrogen-bond acceptors (Lipinski definition) is 4. The number of fused-ring (bicyclic) bond motifs is 1. The van der Waals surface area contributed by atoms with Gasteiger partial charge in [0, 0.05) is 11.1 Å². The van der Waals surface area contributed by atoms with E-state index in [0.29, 0.717) is 16.9 Å². The van der Waals surface area contributed by atoms with Crippen molar-refractivity contribution >= 4 is 28.5 Å². The number of esters is 1. The number of carbonyl (C=O) groups excluding carboxylic acids is 2. The monoisotopic (exact) mass is 362 g/mol. The number of hydrogen-bond donors (Lipinski definition) is 1. The molecule has 0 radical (unpaired) electrons. The molecular formula is C22H22N2O3. The minimum atomic E-state index is -0.925. The van der Waals surface area contributed by atoms with Crippen LogP contribution in [0, 0.1) is 20.8 Å². The Bertz CT molecular complexity index is 1010. The number of benzene rings is 2. The molecule has 3 aromatic rings. The highest BCUT2D eigenvalue weighted by atomic mass is 16.5. The van der Waals surface area contributed by atoms with Gasteiger partial charge in [-0.2, -0.15) is 0 Å². The Balaban J connectivity index is 1.74. The molecule has 3 rings (SSSR count). The zero-order valence-electron chi connectivity index (χ0n) is 15.9. The molecule has 0 bridgehead atoms. The van der Waals surface area contributed by atoms with Crippen molar-refractivity contribution in [2.75, 3.05) is 5.32 Å². The van der Waals surface area contributed by atoms with E-state index in [9.17, 15) is 9.59 Å². The number of aromatic nitrogens is 1. The fourth-order valence-electron chi connectivity index (χ4n) is 2.76. The van der Waals surface area contributed by atoms with Crippen molar-refractivity contribution in [2.45, 2.75) is 33.8 Å². The fraction of sp³-hybridized carbons (Fsp3) is 0.227. The highest BCUT2D eigenvalue weighted by molar-refractivity contribution is 5.99. The molecule has 0 aliphatic rings. The molecule has 1 amide bonds. The maximum Gasteiger partial charge on any atom is 0.340 e. The van der Waals surface area contributed by atoms with Crippen LogP contribution in [-0.4, -0.2) is 23.0 Å². The highest BCUT2D eigenvalue weighted by Crippen LogP contribution is 2.19. The van der Waals surface area contributed by atoms with Crippen molar-refractivity contribution in [3.05, 3.63) is 70.9 Å². The molecule has 0 aliphatic heterocycles. The summed E-state index contributed by atoms with van der Waals surface area (Å²) in [5, 5.41) is 3.61. The Labute approximate surface area is 158 Å². The number of pyridine rings is 1. The van der Waals surface area contributed by atoms with Crippen LogP contribution in [0.3, 0.4) is 0 Å². The van der Waals surface area contributed by atoms with Gasteiger partial charge < -0.3 is 10.1 Å². The summed E-state index contributed by atoms with van der Waals surface area (Å²) in [5.41, 5.74) is 4.60. The largest absolute Gasteiger partial charge is 0.449 e. The van der Waals surface area contributed by atoms with Gasteiger partial charge in [0.1, 0.15) is 0 Å². The first-order valence-electron chi connectivity index (χ1n) is 8.80. The molecule has 5 heteroatoms. The van der Waals surface area contributed by atoms with Gasteiger partial charge in [-0.05, 0) is 58.0 Å². The first-order chi connectivity index (χ1) is 12.8. The van der Waals surface area contributed by atoms with E-state index in [4.69, 9.17) is 4.74 Å². The van der Waals surface area contributed by atoms with E-state index in [0.717, 1.165) is 22.0 Å². The predicted octanol–water partition coefficient (Wildman–Crippen LogP) is 4.34. The van der Waals surface area contributed by atoms with Crippen molar-refractivity contribution in [2.24, 2.45) is 0 Å². The number of nitrogens with one attached hydrogen (secondary N) is 1. The molecule has 138 valence electrons. The molecule has 27 heavy (non-hydrogen) atoms. The smallest absolute Gasteiger partial charge is 0.340 e. The summed E-state index contributed by atoms with van der Waals surface area (Å²) in [4.78, 5) is 29.3. The molecule has 2 aromatic carbocycles. The number of ether oxygens (including phenoxy) is 1. The summed E-state index contributed by atoms with van der Waals surface area (Å²) in [6.45, 7) is 7.26. The van der Waals surface area contributed by atoms with Crippen LogP contribution >= 0.6 is 0 Å². The maximum atomic E-state index is 12.6. The van der Waals surface area contributed by atoms with Crippen LogP contribution in [0.4, 0.5) is 5.69 Å². The van der Waals surface area contributed by atoms with Gasteiger partial charge in [-0.15, -0.1) is 0 Å². The van der Waals surface area contributed by atoms with Crippen LogP contribution in [0.25, 0.3) is 10.9 Å². The van der Waals surface area contributed by atoms with Crippen molar-refractivity contribution in [3.8, 4) is 0 Å². The van der Waals surface area contributed by atoms with Crippen molar-refractivity contribution in [1.82, 2.24) is 4.98 Å². The number of anilines is 1. The Morgan fingerprint density at radius 3 is 2.33 bits per heavy atom. The second-order valence-corrected chi connectivity index (χ2v) is 6.72. The first-order valence-corrected chi connectivity index (χ1v) is 8.80. The summed E-state index contributed by atoms with van der Waals surface area (Å²) in [6.07, 6.45) is -0.925. The van der Waals surface area contributed by atoms with Crippen molar-refractivity contribution < 1.29 is 14.3 Å². The van der Waals surface area contributed by atoms with Crippen LogP contribution in [-0.2, 0) is 9.53 Å². The average molecular weight is 362 g/mol. The van der Waals surface area contributed by atoms with Crippen LogP contribution in [0.1, 0.15) is 34.1 Å². The normalized spacial score (nSPS) is 11.9. The van der Waals surface area contributed by atoms with Crippen LogP contribution in [0.5, 0.6) is 0 Å². The van der Waals surface area contributed by atoms with E-state index in [1.165, 1.54) is 0 Å². The van der Waals surface area contributed by atoms with Gasteiger partial charge in [-0.1, -0.05) is 29.3 Å². The topological polar surface area (TPSA) is 68.3 Å². The van der Waals surface area contributed by atoms with Gasteiger partial charge in [0.15, 0.2) is 6.10 Å². The number of carbonyl (C=O) groups is 2. The SMILES string of the molecule is Cc1ccc(NC(=O)C(C)OC(=O)c2cc3cc(C)ccc3nc2C)cc1. The third-order valence-corrected chi connectivity index (χ3v) is 4.35. The van der Waals surface area contributed by atoms with Gasteiger partial charge in [-0.3, -0.25) is 9.78 Å². The molecule has 0 aliphatic carbocycles. The maximum absolute atomic E-state index is 12.6. The van der Waals surface area contributed by atoms with E-state index in [2.05, 4.69) is 10.3 Å². The number of nitrogens with zero attached hydrogens (tertiary/aromatic N) is 1. The lowest BCUT2D eigenvalue weighted by Crippen LogP contribution is -2.30. The van der Waals surface area contributed by atoms with E-state index in [-0.39, 0.29) is 5.91 Å². The molecule has 0 saturated carbocycles. The van der Waals surface area contributed by atoms with Gasteiger partial charge in [-0.25, -0.2) is 4.79 Å². The standard InChI is InChI=1S/C22H22N2O3/c1-13-5-8-18(9-6-13)24-21(25)16(4)27-22(26)19-12-17-11-14(2)7-10-20(17)23-15(19)3/h5-12,16H,1-4H3,(H,24,25). The van der Waals surface area contributed by atoms with Gasteiger partial charge >= 0.3 is 5.97 Å². The number of amides is 1. The minimum Gasteiger partial charge on any atom is -0.449 e. The second kappa shape index (κ2) is 7.58. The third-order valence-electron chi connectivity index (χ3n) is 4.35. The summed E-state index contributed by atoms with van der Waals surface area (Å²) in [5.74, 6) is -0.940. The molecule has 1 unspecified atom stereocenters. The molecule has 0 fully saturated rings. The van der Waals surface area contributed by atoms with E-state index >= 15 is 0 Å². The average Bonchev–Trinajstić information content (AvgIpc) is 2.63. The lowest BCUT2D eigenvalue weighted by Gasteiger charge is -2.15. The lowest BCUT2D eigenvalue weighted by atomic mass is 10.1. The molecule has 1 heterocycles. The van der Waals surface area contributed by atoms with E-state index in [1.807, 2.05) is 56.3 Å². The summed E-state index contributed by atoms with van der Waals surface area (Å²) in [6, 6.07) is 15.0. The zero-order valence-corrected chi connectivity index (χ0v) is 15.9. The van der Waals surface area contributed by atoms with E-state index < -0.39 is 12.1 Å². The van der Waals surface area contributed by atoms with Crippen LogP contribution in [0.2, 0.25) is 0 Å². The van der Waals surface area contributed by atoms with Gasteiger partial charge in [0.25, 0.3) is 5.91 Å². The lowest BCUT2D eigenvalue weighted by molar-refractivity contribution is -0.123. The first kappa shape index (κ1) is 18.6.